The Hall–Kier alpha value is -0.670. The molecule has 1 atom stereocenters. The molecule has 0 radical (unpaired) electrons. The number of nitrogens with two attached hydrogens (primary N) is 1. The van der Waals surface area contributed by atoms with Gasteiger partial charge in [-0.3, -0.25) is 0 Å². The molecular formula is C11H13BrFN. The molecule has 0 fully saturated rings. The number of hydrogen-bond acceptors (Lipinski definition) is 1. The van der Waals surface area contributed by atoms with Crippen LogP contribution in [0, 0.1) is 5.82 Å². The molecule has 0 aliphatic heterocycles. The first-order chi connectivity index (χ1) is 6.52. The highest BCUT2D eigenvalue weighted by Gasteiger charge is 2.12. The van der Waals surface area contributed by atoms with Crippen LogP contribution >= 0.6 is 15.9 Å². The molecule has 0 saturated carbocycles. The first-order valence-electron chi connectivity index (χ1n) is 4.36. The van der Waals surface area contributed by atoms with Crippen LogP contribution in [0.3, 0.4) is 0 Å². The zero-order valence-electron chi connectivity index (χ0n) is 8.06. The van der Waals surface area contributed by atoms with Crippen LogP contribution in [0.25, 0.3) is 0 Å². The lowest BCUT2D eigenvalue weighted by Crippen LogP contribution is -2.11. The van der Waals surface area contributed by atoms with Crippen molar-refractivity contribution in [2.75, 3.05) is 0 Å². The normalized spacial score (nSPS) is 12.6. The molecule has 1 nitrogen and oxygen atoms in total. The third-order valence-electron chi connectivity index (χ3n) is 1.95. The second-order valence-corrected chi connectivity index (χ2v) is 4.20. The Morgan fingerprint density at radius 1 is 1.64 bits per heavy atom. The van der Waals surface area contributed by atoms with E-state index in [9.17, 15) is 4.39 Å². The van der Waals surface area contributed by atoms with Gasteiger partial charge in [-0.25, -0.2) is 4.39 Å². The highest BCUT2D eigenvalue weighted by molar-refractivity contribution is 9.10. The van der Waals surface area contributed by atoms with E-state index in [-0.39, 0.29) is 11.9 Å². The predicted molar refractivity (Wildman–Crippen MR) is 60.5 cm³/mol. The van der Waals surface area contributed by atoms with Gasteiger partial charge in [0, 0.05) is 6.04 Å². The van der Waals surface area contributed by atoms with Gasteiger partial charge in [-0.15, -0.1) is 6.58 Å². The van der Waals surface area contributed by atoms with Crippen LogP contribution in [0.1, 0.15) is 24.9 Å². The van der Waals surface area contributed by atoms with E-state index in [1.807, 2.05) is 13.0 Å². The van der Waals surface area contributed by atoms with E-state index in [2.05, 4.69) is 22.5 Å². The standard InChI is InChI=1S/C11H13BrFN/c1-7(2)6-10(14)8-4-3-5-9(13)11(8)12/h3-5,10H,1,6,14H2,2H3/t10-/m0/s1. The van der Waals surface area contributed by atoms with Crippen LogP contribution in [0.2, 0.25) is 0 Å². The Morgan fingerprint density at radius 3 is 2.86 bits per heavy atom. The van der Waals surface area contributed by atoms with Gasteiger partial charge in [0.15, 0.2) is 0 Å². The quantitative estimate of drug-likeness (QED) is 0.824. The van der Waals surface area contributed by atoms with Crippen molar-refractivity contribution in [1.29, 1.82) is 0 Å². The number of rotatable bonds is 3. The smallest absolute Gasteiger partial charge is 0.137 e. The van der Waals surface area contributed by atoms with Gasteiger partial charge in [-0.05, 0) is 40.9 Å². The number of benzene rings is 1. The van der Waals surface area contributed by atoms with E-state index in [0.717, 1.165) is 11.1 Å². The highest BCUT2D eigenvalue weighted by Crippen LogP contribution is 2.27. The zero-order chi connectivity index (χ0) is 10.7. The molecule has 0 saturated heterocycles. The second kappa shape index (κ2) is 4.71. The van der Waals surface area contributed by atoms with Crippen LogP contribution in [-0.4, -0.2) is 0 Å². The first-order valence-corrected chi connectivity index (χ1v) is 5.15. The lowest BCUT2D eigenvalue weighted by atomic mass is 10.0. The first kappa shape index (κ1) is 11.4. The second-order valence-electron chi connectivity index (χ2n) is 3.41. The maximum atomic E-state index is 13.2. The van der Waals surface area contributed by atoms with E-state index in [1.165, 1.54) is 6.07 Å². The van der Waals surface area contributed by atoms with Crippen LogP contribution in [-0.2, 0) is 0 Å². The fourth-order valence-electron chi connectivity index (χ4n) is 1.29. The lowest BCUT2D eigenvalue weighted by Gasteiger charge is -2.13. The molecule has 3 heteroatoms. The summed E-state index contributed by atoms with van der Waals surface area (Å²) in [6.07, 6.45) is 0.669. The summed E-state index contributed by atoms with van der Waals surface area (Å²) in [6.45, 7) is 5.69. The molecule has 0 amide bonds. The molecule has 0 aliphatic carbocycles. The maximum absolute atomic E-state index is 13.2. The van der Waals surface area contributed by atoms with E-state index < -0.39 is 0 Å². The average molecular weight is 258 g/mol. The van der Waals surface area contributed by atoms with Gasteiger partial charge in [0.2, 0.25) is 0 Å². The van der Waals surface area contributed by atoms with Gasteiger partial charge in [0.05, 0.1) is 4.47 Å². The Morgan fingerprint density at radius 2 is 2.29 bits per heavy atom. The number of hydrogen-bond donors (Lipinski definition) is 1. The van der Waals surface area contributed by atoms with Gasteiger partial charge in [-0.1, -0.05) is 17.7 Å². The highest BCUT2D eigenvalue weighted by atomic mass is 79.9. The Kier molecular flexibility index (Phi) is 3.84. The Bertz CT molecular complexity index is 349. The predicted octanol–water partition coefficient (Wildman–Crippen LogP) is 3.55. The summed E-state index contributed by atoms with van der Waals surface area (Å²) in [5, 5.41) is 0. The van der Waals surface area contributed by atoms with E-state index in [1.54, 1.807) is 6.07 Å². The minimum atomic E-state index is -0.278. The van der Waals surface area contributed by atoms with Gasteiger partial charge < -0.3 is 5.73 Å². The molecule has 0 spiro atoms. The average Bonchev–Trinajstić information content (AvgIpc) is 2.08. The minimum Gasteiger partial charge on any atom is -0.324 e. The Labute approximate surface area is 91.9 Å². The summed E-state index contributed by atoms with van der Waals surface area (Å²) in [6, 6.07) is 4.69. The third-order valence-corrected chi connectivity index (χ3v) is 2.79. The van der Waals surface area contributed by atoms with E-state index in [0.29, 0.717) is 10.9 Å². The van der Waals surface area contributed by atoms with E-state index >= 15 is 0 Å². The monoisotopic (exact) mass is 257 g/mol. The molecule has 2 N–H and O–H groups in total. The summed E-state index contributed by atoms with van der Waals surface area (Å²) in [4.78, 5) is 0. The lowest BCUT2D eigenvalue weighted by molar-refractivity contribution is 0.610. The Balaban J connectivity index is 2.95. The molecule has 1 aromatic rings. The van der Waals surface area contributed by atoms with Gasteiger partial charge in [-0.2, -0.15) is 0 Å². The van der Waals surface area contributed by atoms with Gasteiger partial charge >= 0.3 is 0 Å². The minimum absolute atomic E-state index is 0.197. The van der Waals surface area contributed by atoms with Crippen LogP contribution in [0.4, 0.5) is 4.39 Å². The molecule has 1 rings (SSSR count). The summed E-state index contributed by atoms with van der Waals surface area (Å²) in [5.41, 5.74) is 7.69. The molecule has 14 heavy (non-hydrogen) atoms. The third kappa shape index (κ3) is 2.66. The van der Waals surface area contributed by atoms with E-state index in [4.69, 9.17) is 5.73 Å². The molecule has 0 unspecified atom stereocenters. The van der Waals surface area contributed by atoms with Gasteiger partial charge in [0.25, 0.3) is 0 Å². The maximum Gasteiger partial charge on any atom is 0.137 e. The van der Waals surface area contributed by atoms with Crippen molar-refractivity contribution in [3.05, 3.63) is 46.2 Å². The molecule has 0 heterocycles. The molecule has 1 aromatic carbocycles. The van der Waals surface area contributed by atoms with Crippen molar-refractivity contribution in [3.8, 4) is 0 Å². The van der Waals surface area contributed by atoms with Crippen molar-refractivity contribution in [2.45, 2.75) is 19.4 Å². The van der Waals surface area contributed by atoms with Crippen molar-refractivity contribution in [3.63, 3.8) is 0 Å². The van der Waals surface area contributed by atoms with Crippen molar-refractivity contribution in [1.82, 2.24) is 0 Å². The fraction of sp³-hybridized carbons (Fsp3) is 0.273. The molecule has 76 valence electrons. The number of halogens is 2. The summed E-state index contributed by atoms with van der Waals surface area (Å²) in [5.74, 6) is -0.278. The van der Waals surface area contributed by atoms with Crippen LogP contribution < -0.4 is 5.73 Å². The summed E-state index contributed by atoms with van der Waals surface area (Å²) in [7, 11) is 0. The zero-order valence-corrected chi connectivity index (χ0v) is 9.64. The molecule has 0 aromatic heterocycles. The van der Waals surface area contributed by atoms with Crippen LogP contribution in [0.5, 0.6) is 0 Å². The topological polar surface area (TPSA) is 26.0 Å². The molecule has 0 aliphatic rings. The molecule has 0 bridgehead atoms. The summed E-state index contributed by atoms with van der Waals surface area (Å²) < 4.78 is 13.6. The van der Waals surface area contributed by atoms with Crippen molar-refractivity contribution < 1.29 is 4.39 Å². The van der Waals surface area contributed by atoms with Crippen molar-refractivity contribution in [2.24, 2.45) is 5.73 Å². The summed E-state index contributed by atoms with van der Waals surface area (Å²) >= 11 is 3.19. The van der Waals surface area contributed by atoms with Crippen molar-refractivity contribution >= 4 is 15.9 Å². The fourth-order valence-corrected chi connectivity index (χ4v) is 1.85. The molecular weight excluding hydrogens is 245 g/mol. The largest absolute Gasteiger partial charge is 0.324 e. The SMILES string of the molecule is C=C(C)C[C@H](N)c1cccc(F)c1Br. The van der Waals surface area contributed by atoms with Gasteiger partial charge in [0.1, 0.15) is 5.82 Å². The van der Waals surface area contributed by atoms with Crippen LogP contribution in [0.15, 0.2) is 34.8 Å².